The lowest BCUT2D eigenvalue weighted by atomic mass is 9.97. The van der Waals surface area contributed by atoms with Gasteiger partial charge in [0.05, 0.1) is 5.25 Å². The zero-order valence-electron chi connectivity index (χ0n) is 16.1. The molecular weight excluding hydrogens is 406 g/mol. The van der Waals surface area contributed by atoms with Crippen molar-refractivity contribution in [2.24, 2.45) is 0 Å². The maximum absolute atomic E-state index is 12.7. The molecule has 5 rings (SSSR count). The first kappa shape index (κ1) is 18.7. The van der Waals surface area contributed by atoms with E-state index >= 15 is 0 Å². The molecule has 6 nitrogen and oxygen atoms in total. The lowest BCUT2D eigenvalue weighted by Crippen LogP contribution is -2.30. The Balaban J connectivity index is 1.28. The highest BCUT2D eigenvalue weighted by Gasteiger charge is 2.23. The molecular formula is C21H21N3O3S2. The first-order valence-corrected chi connectivity index (χ1v) is 11.5. The number of aromatic nitrogens is 2. The molecule has 0 unspecified atom stereocenters. The Morgan fingerprint density at radius 3 is 3.03 bits per heavy atom. The predicted octanol–water partition coefficient (Wildman–Crippen LogP) is 4.10. The smallest absolute Gasteiger partial charge is 0.233 e. The molecule has 150 valence electrons. The highest BCUT2D eigenvalue weighted by Crippen LogP contribution is 2.40. The number of thioether (sulfide) groups is 1. The van der Waals surface area contributed by atoms with Gasteiger partial charge in [-0.2, -0.15) is 0 Å². The number of nitrogens with one attached hydrogen (secondary N) is 1. The molecule has 1 aromatic carbocycles. The SMILES string of the molecule is C[C@H](Sc1ncnc2sc3c(c12)CCCC3)C(=O)NCc1ccc2c(c1)OCO2. The molecule has 29 heavy (non-hydrogen) atoms. The fourth-order valence-electron chi connectivity index (χ4n) is 3.76. The molecule has 3 aromatic rings. The van der Waals surface area contributed by atoms with E-state index in [0.29, 0.717) is 6.54 Å². The van der Waals surface area contributed by atoms with Crippen LogP contribution in [0.25, 0.3) is 10.2 Å². The molecule has 0 fully saturated rings. The Morgan fingerprint density at radius 2 is 2.10 bits per heavy atom. The molecule has 0 bridgehead atoms. The molecule has 0 radical (unpaired) electrons. The van der Waals surface area contributed by atoms with Crippen LogP contribution in [0, 0.1) is 0 Å². The number of ether oxygens (including phenoxy) is 2. The average Bonchev–Trinajstić information content (AvgIpc) is 3.36. The molecule has 1 amide bonds. The lowest BCUT2D eigenvalue weighted by Gasteiger charge is -2.14. The van der Waals surface area contributed by atoms with Gasteiger partial charge < -0.3 is 14.8 Å². The van der Waals surface area contributed by atoms with Gasteiger partial charge in [0.25, 0.3) is 0 Å². The summed E-state index contributed by atoms with van der Waals surface area (Å²) in [6.45, 7) is 2.62. The van der Waals surface area contributed by atoms with E-state index in [2.05, 4.69) is 15.3 Å². The third kappa shape index (κ3) is 3.67. The van der Waals surface area contributed by atoms with E-state index in [1.54, 1.807) is 17.7 Å². The van der Waals surface area contributed by atoms with Crippen LogP contribution in [0.3, 0.4) is 0 Å². The van der Waals surface area contributed by atoms with Gasteiger partial charge in [-0.15, -0.1) is 11.3 Å². The number of aryl methyl sites for hydroxylation is 2. The number of carbonyl (C=O) groups is 1. The van der Waals surface area contributed by atoms with Crippen molar-refractivity contribution in [2.45, 2.75) is 49.4 Å². The molecule has 1 N–H and O–H groups in total. The van der Waals surface area contributed by atoms with E-state index in [9.17, 15) is 4.79 Å². The average molecular weight is 428 g/mol. The third-order valence-corrected chi connectivity index (χ3v) is 7.58. The Morgan fingerprint density at radius 1 is 1.24 bits per heavy atom. The summed E-state index contributed by atoms with van der Waals surface area (Å²) in [4.78, 5) is 24.2. The van der Waals surface area contributed by atoms with Crippen molar-refractivity contribution in [3.05, 3.63) is 40.5 Å². The monoisotopic (exact) mass is 427 g/mol. The molecule has 3 heterocycles. The molecule has 1 atom stereocenters. The minimum absolute atomic E-state index is 0.0106. The van der Waals surface area contributed by atoms with E-state index in [1.807, 2.05) is 25.1 Å². The van der Waals surface area contributed by atoms with Crippen molar-refractivity contribution >= 4 is 39.2 Å². The van der Waals surface area contributed by atoms with Gasteiger partial charge >= 0.3 is 0 Å². The molecule has 2 aromatic heterocycles. The first-order chi connectivity index (χ1) is 14.2. The van der Waals surface area contributed by atoms with Crippen LogP contribution < -0.4 is 14.8 Å². The summed E-state index contributed by atoms with van der Waals surface area (Å²) in [5, 5.41) is 4.85. The zero-order valence-corrected chi connectivity index (χ0v) is 17.7. The van der Waals surface area contributed by atoms with E-state index in [4.69, 9.17) is 9.47 Å². The van der Waals surface area contributed by atoms with Gasteiger partial charge in [-0.3, -0.25) is 4.79 Å². The van der Waals surface area contributed by atoms with E-state index < -0.39 is 0 Å². The van der Waals surface area contributed by atoms with Crippen molar-refractivity contribution < 1.29 is 14.3 Å². The number of thiophene rings is 1. The summed E-state index contributed by atoms with van der Waals surface area (Å²) in [5.74, 6) is 1.46. The second-order valence-electron chi connectivity index (χ2n) is 7.24. The molecule has 0 saturated carbocycles. The first-order valence-electron chi connectivity index (χ1n) is 9.77. The van der Waals surface area contributed by atoms with Gasteiger partial charge in [0.2, 0.25) is 12.7 Å². The van der Waals surface area contributed by atoms with Crippen LogP contribution in [0.2, 0.25) is 0 Å². The van der Waals surface area contributed by atoms with Crippen LogP contribution >= 0.6 is 23.1 Å². The molecule has 2 aliphatic rings. The van der Waals surface area contributed by atoms with E-state index in [0.717, 1.165) is 45.1 Å². The Bertz CT molecular complexity index is 1080. The van der Waals surface area contributed by atoms with Gasteiger partial charge in [-0.1, -0.05) is 17.8 Å². The number of hydrogen-bond donors (Lipinski definition) is 1. The van der Waals surface area contributed by atoms with Crippen molar-refractivity contribution in [3.63, 3.8) is 0 Å². The van der Waals surface area contributed by atoms with Crippen LogP contribution in [0.15, 0.2) is 29.6 Å². The van der Waals surface area contributed by atoms with Crippen LogP contribution in [-0.2, 0) is 24.2 Å². The number of fused-ring (bicyclic) bond motifs is 4. The van der Waals surface area contributed by atoms with Crippen molar-refractivity contribution in [2.75, 3.05) is 6.79 Å². The number of rotatable bonds is 5. The Hall–Kier alpha value is -2.32. The molecule has 0 spiro atoms. The Labute approximate surface area is 177 Å². The van der Waals surface area contributed by atoms with Crippen LogP contribution in [0.1, 0.15) is 35.8 Å². The maximum atomic E-state index is 12.7. The number of nitrogens with zero attached hydrogens (tertiary/aromatic N) is 2. The zero-order chi connectivity index (χ0) is 19.8. The summed E-state index contributed by atoms with van der Waals surface area (Å²) in [6, 6.07) is 5.72. The van der Waals surface area contributed by atoms with Crippen molar-refractivity contribution in [1.82, 2.24) is 15.3 Å². The number of benzene rings is 1. The van der Waals surface area contributed by atoms with E-state index in [-0.39, 0.29) is 18.0 Å². The van der Waals surface area contributed by atoms with Gasteiger partial charge in [-0.05, 0) is 55.9 Å². The second kappa shape index (κ2) is 7.84. The van der Waals surface area contributed by atoms with Gasteiger partial charge in [-0.25, -0.2) is 9.97 Å². The van der Waals surface area contributed by atoms with Gasteiger partial charge in [0.1, 0.15) is 16.2 Å². The summed E-state index contributed by atoms with van der Waals surface area (Å²) in [5.41, 5.74) is 2.38. The third-order valence-electron chi connectivity index (χ3n) is 5.28. The highest BCUT2D eigenvalue weighted by atomic mass is 32.2. The van der Waals surface area contributed by atoms with Gasteiger partial charge in [0, 0.05) is 16.8 Å². The summed E-state index contributed by atoms with van der Waals surface area (Å²) >= 11 is 3.29. The minimum Gasteiger partial charge on any atom is -0.454 e. The fraction of sp³-hybridized carbons (Fsp3) is 0.381. The predicted molar refractivity (Wildman–Crippen MR) is 114 cm³/mol. The summed E-state index contributed by atoms with van der Waals surface area (Å²) < 4.78 is 10.7. The van der Waals surface area contributed by atoms with Crippen molar-refractivity contribution in [1.29, 1.82) is 0 Å². The second-order valence-corrected chi connectivity index (χ2v) is 9.65. The molecule has 8 heteroatoms. The standard InChI is InChI=1S/C21H21N3O3S2/c1-12(19(25)22-9-13-6-7-15-16(8-13)27-11-26-15)28-20-18-14-4-2-3-5-17(14)29-21(18)24-10-23-20/h6-8,10,12H,2-5,9,11H2,1H3,(H,22,25)/t12-/m0/s1. The largest absolute Gasteiger partial charge is 0.454 e. The highest BCUT2D eigenvalue weighted by molar-refractivity contribution is 8.00. The minimum atomic E-state index is -0.249. The number of carbonyl (C=O) groups excluding carboxylic acids is 1. The van der Waals surface area contributed by atoms with Crippen LogP contribution in [-0.4, -0.2) is 27.9 Å². The molecule has 0 saturated heterocycles. The van der Waals surface area contributed by atoms with Crippen molar-refractivity contribution in [3.8, 4) is 11.5 Å². The fourth-order valence-corrected chi connectivity index (χ4v) is 6.02. The van der Waals surface area contributed by atoms with E-state index in [1.165, 1.54) is 35.0 Å². The molecule has 1 aliphatic heterocycles. The van der Waals surface area contributed by atoms with Crippen LogP contribution in [0.5, 0.6) is 11.5 Å². The quantitative estimate of drug-likeness (QED) is 0.488. The van der Waals surface area contributed by atoms with Gasteiger partial charge in [0.15, 0.2) is 11.5 Å². The molecule has 1 aliphatic carbocycles. The topological polar surface area (TPSA) is 73.3 Å². The summed E-state index contributed by atoms with van der Waals surface area (Å²) in [7, 11) is 0. The summed E-state index contributed by atoms with van der Waals surface area (Å²) in [6.07, 6.45) is 6.29. The lowest BCUT2D eigenvalue weighted by molar-refractivity contribution is -0.120. The number of amides is 1. The Kier molecular flexibility index (Phi) is 5.05. The van der Waals surface area contributed by atoms with Crippen LogP contribution in [0.4, 0.5) is 0 Å². The maximum Gasteiger partial charge on any atom is 0.233 e. The number of hydrogen-bond acceptors (Lipinski definition) is 7. The normalized spacial score (nSPS) is 15.9.